The van der Waals surface area contributed by atoms with Crippen molar-refractivity contribution in [3.05, 3.63) is 22.2 Å². The molecule has 0 saturated heterocycles. The van der Waals surface area contributed by atoms with Gasteiger partial charge < -0.3 is 10.8 Å². The lowest BCUT2D eigenvalue weighted by Gasteiger charge is -2.08. The normalized spacial score (nSPS) is 12.4. The van der Waals surface area contributed by atoms with Crippen molar-refractivity contribution in [2.45, 2.75) is 23.6 Å². The Morgan fingerprint density at radius 3 is 2.94 bits per heavy atom. The van der Waals surface area contributed by atoms with E-state index in [-0.39, 0.29) is 23.4 Å². The molecule has 0 spiro atoms. The summed E-state index contributed by atoms with van der Waals surface area (Å²) in [4.78, 5) is 14.1. The van der Waals surface area contributed by atoms with Crippen molar-refractivity contribution in [1.29, 1.82) is 0 Å². The SMILES string of the molecule is CC(CCO)Sc1cc([N+](=O)[O-])cc(N)n1. The summed E-state index contributed by atoms with van der Waals surface area (Å²) in [6.07, 6.45) is 0.606. The minimum Gasteiger partial charge on any atom is -0.396 e. The van der Waals surface area contributed by atoms with E-state index >= 15 is 0 Å². The number of pyridine rings is 1. The fourth-order valence-corrected chi connectivity index (χ4v) is 2.11. The number of aliphatic hydroxyl groups excluding tert-OH is 1. The molecule has 16 heavy (non-hydrogen) atoms. The molecule has 0 bridgehead atoms. The zero-order chi connectivity index (χ0) is 12.1. The van der Waals surface area contributed by atoms with Crippen LogP contribution < -0.4 is 5.73 Å². The maximum atomic E-state index is 10.6. The lowest BCUT2D eigenvalue weighted by atomic mass is 10.3. The predicted molar refractivity (Wildman–Crippen MR) is 62.3 cm³/mol. The van der Waals surface area contributed by atoms with Crippen LogP contribution in [0.25, 0.3) is 0 Å². The molecule has 0 aromatic carbocycles. The van der Waals surface area contributed by atoms with Gasteiger partial charge in [-0.3, -0.25) is 10.1 Å². The van der Waals surface area contributed by atoms with Crippen LogP contribution in [0.4, 0.5) is 11.5 Å². The molecule has 3 N–H and O–H groups in total. The molecule has 0 fully saturated rings. The maximum absolute atomic E-state index is 10.6. The summed E-state index contributed by atoms with van der Waals surface area (Å²) in [5, 5.41) is 20.0. The van der Waals surface area contributed by atoms with Crippen LogP contribution in [-0.4, -0.2) is 26.9 Å². The fourth-order valence-electron chi connectivity index (χ4n) is 1.12. The standard InChI is InChI=1S/C9H13N3O3S/c1-6(2-3-13)16-9-5-7(12(14)15)4-8(10)11-9/h4-6,13H,2-3H2,1H3,(H2,10,11). The second-order valence-electron chi connectivity index (χ2n) is 3.29. The van der Waals surface area contributed by atoms with Gasteiger partial charge in [0.25, 0.3) is 5.69 Å². The molecule has 1 rings (SSSR count). The Hall–Kier alpha value is -1.34. The van der Waals surface area contributed by atoms with Crippen molar-refractivity contribution in [3.63, 3.8) is 0 Å². The molecule has 0 saturated carbocycles. The van der Waals surface area contributed by atoms with E-state index in [1.54, 1.807) is 0 Å². The number of nitrogens with two attached hydrogens (primary N) is 1. The number of nitro groups is 1. The number of nitrogen functional groups attached to an aromatic ring is 1. The van der Waals surface area contributed by atoms with Crippen molar-refractivity contribution >= 4 is 23.3 Å². The van der Waals surface area contributed by atoms with Gasteiger partial charge in [0, 0.05) is 17.9 Å². The second-order valence-corrected chi connectivity index (χ2v) is 4.75. The summed E-state index contributed by atoms with van der Waals surface area (Å²) >= 11 is 1.36. The van der Waals surface area contributed by atoms with Gasteiger partial charge in [0.15, 0.2) is 0 Å². The topological polar surface area (TPSA) is 102 Å². The van der Waals surface area contributed by atoms with E-state index in [1.165, 1.54) is 23.9 Å². The highest BCUT2D eigenvalue weighted by atomic mass is 32.2. The number of hydrogen-bond acceptors (Lipinski definition) is 6. The Labute approximate surface area is 97.0 Å². The van der Waals surface area contributed by atoms with Crippen molar-refractivity contribution < 1.29 is 10.0 Å². The lowest BCUT2D eigenvalue weighted by Crippen LogP contribution is -2.01. The zero-order valence-corrected chi connectivity index (χ0v) is 9.61. The lowest BCUT2D eigenvalue weighted by molar-refractivity contribution is -0.385. The minimum absolute atomic E-state index is 0.0637. The molecule has 0 amide bonds. The number of anilines is 1. The molecule has 6 nitrogen and oxygen atoms in total. The molecular formula is C9H13N3O3S. The highest BCUT2D eigenvalue weighted by molar-refractivity contribution is 7.99. The first-order valence-electron chi connectivity index (χ1n) is 4.72. The van der Waals surface area contributed by atoms with Gasteiger partial charge in [-0.1, -0.05) is 6.92 Å². The van der Waals surface area contributed by atoms with Crippen LogP contribution in [0.2, 0.25) is 0 Å². The average molecular weight is 243 g/mol. The summed E-state index contributed by atoms with van der Waals surface area (Å²) in [5.74, 6) is 0.132. The van der Waals surface area contributed by atoms with Gasteiger partial charge in [0.05, 0.1) is 11.0 Å². The van der Waals surface area contributed by atoms with Crippen LogP contribution in [-0.2, 0) is 0 Å². The summed E-state index contributed by atoms with van der Waals surface area (Å²) in [5.41, 5.74) is 5.40. The summed E-state index contributed by atoms with van der Waals surface area (Å²) in [6, 6.07) is 2.61. The Balaban J connectivity index is 2.84. The molecule has 0 aliphatic rings. The third-order valence-corrected chi connectivity index (χ3v) is 2.96. The van der Waals surface area contributed by atoms with Gasteiger partial charge in [-0.15, -0.1) is 11.8 Å². The number of nitrogens with zero attached hydrogens (tertiary/aromatic N) is 2. The first-order chi connectivity index (χ1) is 7.52. The molecule has 0 radical (unpaired) electrons. The zero-order valence-electron chi connectivity index (χ0n) is 8.79. The predicted octanol–water partition coefficient (Wildman–Crippen LogP) is 1.43. The van der Waals surface area contributed by atoms with Gasteiger partial charge in [-0.25, -0.2) is 4.98 Å². The molecule has 1 atom stereocenters. The summed E-state index contributed by atoms with van der Waals surface area (Å²) in [7, 11) is 0. The van der Waals surface area contributed by atoms with Gasteiger partial charge in [-0.05, 0) is 6.42 Å². The Morgan fingerprint density at radius 1 is 1.69 bits per heavy atom. The number of aromatic nitrogens is 1. The highest BCUT2D eigenvalue weighted by Gasteiger charge is 2.12. The largest absolute Gasteiger partial charge is 0.396 e. The van der Waals surface area contributed by atoms with E-state index in [2.05, 4.69) is 4.98 Å². The molecular weight excluding hydrogens is 230 g/mol. The quantitative estimate of drug-likeness (QED) is 0.461. The van der Waals surface area contributed by atoms with Crippen LogP contribution in [0.1, 0.15) is 13.3 Å². The van der Waals surface area contributed by atoms with Gasteiger partial charge in [0.2, 0.25) is 0 Å². The molecule has 1 aromatic heterocycles. The van der Waals surface area contributed by atoms with Crippen molar-refractivity contribution in [2.75, 3.05) is 12.3 Å². The van der Waals surface area contributed by atoms with Gasteiger partial charge in [0.1, 0.15) is 10.8 Å². The van der Waals surface area contributed by atoms with Crippen LogP contribution >= 0.6 is 11.8 Å². The Kier molecular flexibility index (Phi) is 4.51. The molecule has 1 heterocycles. The first-order valence-corrected chi connectivity index (χ1v) is 5.60. The third kappa shape index (κ3) is 3.67. The number of thioether (sulfide) groups is 1. The highest BCUT2D eigenvalue weighted by Crippen LogP contribution is 2.27. The average Bonchev–Trinajstić information content (AvgIpc) is 2.16. The summed E-state index contributed by atoms with van der Waals surface area (Å²) < 4.78 is 0. The van der Waals surface area contributed by atoms with Crippen LogP contribution in [0.15, 0.2) is 17.2 Å². The fraction of sp³-hybridized carbons (Fsp3) is 0.444. The maximum Gasteiger partial charge on any atom is 0.275 e. The molecule has 0 aliphatic carbocycles. The minimum atomic E-state index is -0.501. The Morgan fingerprint density at radius 2 is 2.38 bits per heavy atom. The molecule has 7 heteroatoms. The van der Waals surface area contributed by atoms with E-state index in [1.807, 2.05) is 6.92 Å². The van der Waals surface area contributed by atoms with Crippen molar-refractivity contribution in [2.24, 2.45) is 0 Å². The van der Waals surface area contributed by atoms with Crippen molar-refractivity contribution in [3.8, 4) is 0 Å². The number of aliphatic hydroxyl groups is 1. The van der Waals surface area contributed by atoms with Gasteiger partial charge >= 0.3 is 0 Å². The van der Waals surface area contributed by atoms with E-state index in [0.717, 1.165) is 0 Å². The number of rotatable bonds is 5. The summed E-state index contributed by atoms with van der Waals surface area (Å²) in [6.45, 7) is 2.00. The second kappa shape index (κ2) is 5.66. The molecule has 1 unspecified atom stereocenters. The molecule has 1 aromatic rings. The Bertz CT molecular complexity index is 386. The van der Waals surface area contributed by atoms with E-state index in [4.69, 9.17) is 10.8 Å². The monoisotopic (exact) mass is 243 g/mol. The van der Waals surface area contributed by atoms with Crippen molar-refractivity contribution in [1.82, 2.24) is 4.98 Å². The molecule has 0 aliphatic heterocycles. The van der Waals surface area contributed by atoms with Gasteiger partial charge in [-0.2, -0.15) is 0 Å². The third-order valence-electron chi connectivity index (χ3n) is 1.87. The van der Waals surface area contributed by atoms with E-state index in [9.17, 15) is 10.1 Å². The van der Waals surface area contributed by atoms with E-state index in [0.29, 0.717) is 11.4 Å². The van der Waals surface area contributed by atoms with Crippen LogP contribution in [0.5, 0.6) is 0 Å². The molecule has 88 valence electrons. The first kappa shape index (κ1) is 12.7. The smallest absolute Gasteiger partial charge is 0.275 e. The van der Waals surface area contributed by atoms with Crippen LogP contribution in [0.3, 0.4) is 0 Å². The van der Waals surface area contributed by atoms with Crippen LogP contribution in [0, 0.1) is 10.1 Å². The van der Waals surface area contributed by atoms with E-state index < -0.39 is 4.92 Å². The number of hydrogen-bond donors (Lipinski definition) is 2.